The fourth-order valence-corrected chi connectivity index (χ4v) is 2.95. The molecule has 1 aliphatic carbocycles. The molecule has 2 N–H and O–H groups in total. The SMILES string of the molecule is CN(Cc1ccc(B(O)O)cc1F)C1CCCCCC1. The minimum Gasteiger partial charge on any atom is -0.423 e. The van der Waals surface area contributed by atoms with Crippen LogP contribution in [0.4, 0.5) is 4.39 Å². The van der Waals surface area contributed by atoms with Gasteiger partial charge >= 0.3 is 7.12 Å². The highest BCUT2D eigenvalue weighted by Crippen LogP contribution is 2.22. The molecule has 1 fully saturated rings. The molecule has 0 aliphatic heterocycles. The molecule has 0 aromatic heterocycles. The molecule has 0 amide bonds. The average Bonchev–Trinajstić information content (AvgIpc) is 2.69. The van der Waals surface area contributed by atoms with Gasteiger partial charge < -0.3 is 10.0 Å². The van der Waals surface area contributed by atoms with Crippen LogP contribution in [0.5, 0.6) is 0 Å². The summed E-state index contributed by atoms with van der Waals surface area (Å²) in [7, 11) is 0.433. The van der Waals surface area contributed by atoms with Crippen molar-refractivity contribution in [3.8, 4) is 0 Å². The molecule has 0 unspecified atom stereocenters. The van der Waals surface area contributed by atoms with E-state index in [9.17, 15) is 4.39 Å². The predicted molar refractivity (Wildman–Crippen MR) is 79.2 cm³/mol. The highest BCUT2D eigenvalue weighted by molar-refractivity contribution is 6.58. The van der Waals surface area contributed by atoms with E-state index in [1.165, 1.54) is 44.6 Å². The van der Waals surface area contributed by atoms with Crippen LogP contribution in [-0.2, 0) is 6.54 Å². The van der Waals surface area contributed by atoms with E-state index in [0.717, 1.165) is 0 Å². The van der Waals surface area contributed by atoms with Crippen LogP contribution in [-0.4, -0.2) is 35.2 Å². The molecular formula is C15H23BFNO2. The van der Waals surface area contributed by atoms with Gasteiger partial charge in [-0.15, -0.1) is 0 Å². The number of benzene rings is 1. The Labute approximate surface area is 120 Å². The molecule has 0 radical (unpaired) electrons. The number of nitrogens with zero attached hydrogens (tertiary/aromatic N) is 1. The normalized spacial score (nSPS) is 17.2. The van der Waals surface area contributed by atoms with E-state index >= 15 is 0 Å². The fourth-order valence-electron chi connectivity index (χ4n) is 2.95. The van der Waals surface area contributed by atoms with Crippen molar-refractivity contribution < 1.29 is 14.4 Å². The molecule has 1 aromatic rings. The van der Waals surface area contributed by atoms with Gasteiger partial charge in [0.25, 0.3) is 0 Å². The van der Waals surface area contributed by atoms with Crippen LogP contribution >= 0.6 is 0 Å². The first-order valence-corrected chi connectivity index (χ1v) is 7.42. The number of rotatable bonds is 4. The molecule has 1 aromatic carbocycles. The van der Waals surface area contributed by atoms with Gasteiger partial charge in [-0.1, -0.05) is 37.8 Å². The van der Waals surface area contributed by atoms with Gasteiger partial charge in [0.1, 0.15) is 5.82 Å². The lowest BCUT2D eigenvalue weighted by Gasteiger charge is -2.27. The first kappa shape index (κ1) is 15.5. The third-order valence-corrected chi connectivity index (χ3v) is 4.24. The van der Waals surface area contributed by atoms with Crippen molar-refractivity contribution in [3.05, 3.63) is 29.6 Å². The molecule has 3 nitrogen and oxygen atoms in total. The lowest BCUT2D eigenvalue weighted by molar-refractivity contribution is 0.210. The van der Waals surface area contributed by atoms with E-state index in [4.69, 9.17) is 10.0 Å². The number of halogens is 1. The Morgan fingerprint density at radius 1 is 1.20 bits per heavy atom. The van der Waals surface area contributed by atoms with Crippen molar-refractivity contribution in [2.75, 3.05) is 7.05 Å². The second-order valence-electron chi connectivity index (χ2n) is 5.79. The van der Waals surface area contributed by atoms with Crippen LogP contribution in [0.1, 0.15) is 44.1 Å². The largest absolute Gasteiger partial charge is 0.488 e. The van der Waals surface area contributed by atoms with E-state index in [-0.39, 0.29) is 11.3 Å². The van der Waals surface area contributed by atoms with Crippen molar-refractivity contribution in [2.45, 2.75) is 51.1 Å². The zero-order valence-electron chi connectivity index (χ0n) is 12.1. The molecule has 110 valence electrons. The van der Waals surface area contributed by atoms with Crippen LogP contribution in [0.25, 0.3) is 0 Å². The molecule has 0 atom stereocenters. The van der Waals surface area contributed by atoms with Crippen molar-refractivity contribution in [3.63, 3.8) is 0 Å². The standard InChI is InChI=1S/C15H23BFNO2/c1-18(14-6-4-2-3-5-7-14)11-12-8-9-13(16(19)20)10-15(12)17/h8-10,14,19-20H,2-7,11H2,1H3. The van der Waals surface area contributed by atoms with Crippen LogP contribution in [0, 0.1) is 5.82 Å². The summed E-state index contributed by atoms with van der Waals surface area (Å²) in [6.07, 6.45) is 7.50. The number of hydrogen-bond acceptors (Lipinski definition) is 3. The summed E-state index contributed by atoms with van der Waals surface area (Å²) in [5, 5.41) is 18.1. The molecule has 5 heteroatoms. The molecule has 0 saturated heterocycles. The summed E-state index contributed by atoms with van der Waals surface area (Å²) in [6.45, 7) is 0.568. The van der Waals surface area contributed by atoms with E-state index in [0.29, 0.717) is 18.2 Å². The Morgan fingerprint density at radius 3 is 2.40 bits per heavy atom. The summed E-state index contributed by atoms with van der Waals surface area (Å²) in [4.78, 5) is 2.22. The third-order valence-electron chi connectivity index (χ3n) is 4.24. The number of hydrogen-bond donors (Lipinski definition) is 2. The second-order valence-corrected chi connectivity index (χ2v) is 5.79. The highest BCUT2D eigenvalue weighted by Gasteiger charge is 2.19. The average molecular weight is 279 g/mol. The first-order valence-electron chi connectivity index (χ1n) is 7.42. The quantitative estimate of drug-likeness (QED) is 0.650. The van der Waals surface area contributed by atoms with Gasteiger partial charge in [-0.25, -0.2) is 4.39 Å². The predicted octanol–water partition coefficient (Wildman–Crippen LogP) is 1.66. The van der Waals surface area contributed by atoms with Crippen LogP contribution < -0.4 is 5.46 Å². The monoisotopic (exact) mass is 279 g/mol. The first-order chi connectivity index (χ1) is 9.58. The lowest BCUT2D eigenvalue weighted by Crippen LogP contribution is -2.32. The lowest BCUT2D eigenvalue weighted by atomic mass is 9.80. The molecule has 20 heavy (non-hydrogen) atoms. The van der Waals surface area contributed by atoms with E-state index in [1.807, 2.05) is 7.05 Å². The van der Waals surface area contributed by atoms with Crippen molar-refractivity contribution >= 4 is 12.6 Å². The topological polar surface area (TPSA) is 43.7 Å². The molecule has 0 bridgehead atoms. The summed E-state index contributed by atoms with van der Waals surface area (Å²) in [5.74, 6) is -0.365. The smallest absolute Gasteiger partial charge is 0.423 e. The van der Waals surface area contributed by atoms with Crippen LogP contribution in [0.15, 0.2) is 18.2 Å². The zero-order valence-corrected chi connectivity index (χ0v) is 12.1. The van der Waals surface area contributed by atoms with E-state index in [2.05, 4.69) is 4.90 Å². The maximum atomic E-state index is 14.0. The van der Waals surface area contributed by atoms with Gasteiger partial charge in [0.2, 0.25) is 0 Å². The molecule has 0 spiro atoms. The molecular weight excluding hydrogens is 256 g/mol. The Balaban J connectivity index is 2.01. The van der Waals surface area contributed by atoms with Gasteiger partial charge in [-0.05, 0) is 31.4 Å². The van der Waals surface area contributed by atoms with Gasteiger partial charge in [0.15, 0.2) is 0 Å². The van der Waals surface area contributed by atoms with Crippen LogP contribution in [0.2, 0.25) is 0 Å². The maximum absolute atomic E-state index is 14.0. The summed E-state index contributed by atoms with van der Waals surface area (Å²) >= 11 is 0. The van der Waals surface area contributed by atoms with Gasteiger partial charge in [-0.3, -0.25) is 4.90 Å². The van der Waals surface area contributed by atoms with Crippen molar-refractivity contribution in [1.82, 2.24) is 4.90 Å². The third kappa shape index (κ3) is 4.04. The molecule has 0 heterocycles. The Hall–Kier alpha value is -0.905. The maximum Gasteiger partial charge on any atom is 0.488 e. The minimum absolute atomic E-state index is 0.198. The summed E-state index contributed by atoms with van der Waals surface area (Å²) in [5.41, 5.74) is 0.810. The van der Waals surface area contributed by atoms with Gasteiger partial charge in [-0.2, -0.15) is 0 Å². The highest BCUT2D eigenvalue weighted by atomic mass is 19.1. The van der Waals surface area contributed by atoms with Gasteiger partial charge in [0, 0.05) is 18.2 Å². The molecule has 2 rings (SSSR count). The minimum atomic E-state index is -1.61. The summed E-state index contributed by atoms with van der Waals surface area (Å²) < 4.78 is 14.0. The fraction of sp³-hybridized carbons (Fsp3) is 0.600. The zero-order chi connectivity index (χ0) is 14.5. The Kier molecular flexibility index (Phi) is 5.58. The summed E-state index contributed by atoms with van der Waals surface area (Å²) in [6, 6.07) is 4.96. The van der Waals surface area contributed by atoms with Crippen molar-refractivity contribution in [1.29, 1.82) is 0 Å². The molecule has 1 aliphatic rings. The van der Waals surface area contributed by atoms with E-state index in [1.54, 1.807) is 12.1 Å². The molecule has 1 saturated carbocycles. The Bertz CT molecular complexity index is 434. The van der Waals surface area contributed by atoms with Crippen molar-refractivity contribution in [2.24, 2.45) is 0 Å². The van der Waals surface area contributed by atoms with Crippen LogP contribution in [0.3, 0.4) is 0 Å². The Morgan fingerprint density at radius 2 is 1.85 bits per heavy atom. The van der Waals surface area contributed by atoms with Gasteiger partial charge in [0.05, 0.1) is 0 Å². The van der Waals surface area contributed by atoms with E-state index < -0.39 is 7.12 Å². The second kappa shape index (κ2) is 7.20.